The highest BCUT2D eigenvalue weighted by molar-refractivity contribution is 6.16. The van der Waals surface area contributed by atoms with E-state index in [9.17, 15) is 24.0 Å². The Hall–Kier alpha value is -3.89. The second-order valence-corrected chi connectivity index (χ2v) is 19.8. The van der Waals surface area contributed by atoms with Crippen LogP contribution in [-0.2, 0) is 30.6 Å². The molecule has 4 aliphatic carbocycles. The Morgan fingerprint density at radius 2 is 1.39 bits per heavy atom. The van der Waals surface area contributed by atoms with Crippen molar-refractivity contribution < 1.29 is 48.0 Å². The molecule has 0 spiro atoms. The third-order valence-corrected chi connectivity index (χ3v) is 15.9. The van der Waals surface area contributed by atoms with Gasteiger partial charge in [-0.25, -0.2) is 33.7 Å². The van der Waals surface area contributed by atoms with Gasteiger partial charge in [-0.2, -0.15) is 0 Å². The topological polar surface area (TPSA) is 132 Å². The average Bonchev–Trinajstić information content (AvgIpc) is 3.76. The number of carbonyl (C=O) groups is 5. The molecule has 4 saturated carbocycles. The Balaban J connectivity index is 1.05. The summed E-state index contributed by atoms with van der Waals surface area (Å²) >= 11 is 0. The highest BCUT2D eigenvalue weighted by Gasteiger charge is 2.67. The summed E-state index contributed by atoms with van der Waals surface area (Å²) in [5, 5.41) is 0. The number of hydrogen-bond acceptors (Lipinski definition) is 10. The van der Waals surface area contributed by atoms with Gasteiger partial charge in [0.2, 0.25) is 0 Å². The Kier molecular flexibility index (Phi) is 10.3. The maximum absolute atomic E-state index is 13.8. The van der Waals surface area contributed by atoms with Crippen molar-refractivity contribution in [2.24, 2.45) is 57.7 Å². The zero-order valence-electron chi connectivity index (χ0n) is 34.5. The van der Waals surface area contributed by atoms with Gasteiger partial charge in [0.05, 0.1) is 33.9 Å². The number of fused-ring (bicyclic) bond motifs is 7. The average molecular weight is 783 g/mol. The van der Waals surface area contributed by atoms with Gasteiger partial charge in [-0.05, 0) is 127 Å². The summed E-state index contributed by atoms with van der Waals surface area (Å²) in [6.07, 6.45) is 10.4. The molecule has 2 aromatic carbocycles. The van der Waals surface area contributed by atoms with Crippen molar-refractivity contribution in [2.75, 3.05) is 0 Å². The van der Waals surface area contributed by atoms with Crippen LogP contribution in [0.5, 0.6) is 0 Å². The molecule has 2 aromatic rings. The molecule has 10 nitrogen and oxygen atoms in total. The van der Waals surface area contributed by atoms with Crippen LogP contribution in [0.25, 0.3) is 0 Å². The lowest BCUT2D eigenvalue weighted by molar-refractivity contribution is -0.376. The minimum Gasteiger partial charge on any atom is -0.458 e. The fourth-order valence-electron chi connectivity index (χ4n) is 13.3. The van der Waals surface area contributed by atoms with Gasteiger partial charge in [0.15, 0.2) is 0 Å². The lowest BCUT2D eigenvalue weighted by Crippen LogP contribution is -2.64. The van der Waals surface area contributed by atoms with Crippen molar-refractivity contribution in [1.82, 2.24) is 0 Å². The Morgan fingerprint density at radius 3 is 2.09 bits per heavy atom. The van der Waals surface area contributed by atoms with Crippen LogP contribution in [0.3, 0.4) is 0 Å². The Labute approximate surface area is 336 Å². The quantitative estimate of drug-likeness (QED) is 0.0714. The van der Waals surface area contributed by atoms with E-state index in [-0.39, 0.29) is 57.3 Å². The largest absolute Gasteiger partial charge is 0.458 e. The van der Waals surface area contributed by atoms with Gasteiger partial charge in [0, 0.05) is 11.3 Å². The number of ether oxygens (including phenoxy) is 3. The molecule has 10 unspecified atom stereocenters. The summed E-state index contributed by atoms with van der Waals surface area (Å²) in [5.41, 5.74) is 1.24. The molecule has 0 aromatic heterocycles. The molecule has 0 bridgehead atoms. The number of cyclic esters (lactones) is 4. The zero-order chi connectivity index (χ0) is 40.6. The molecule has 2 heterocycles. The monoisotopic (exact) mass is 782 g/mol. The number of carbonyl (C=O) groups excluding carboxylic acids is 5. The summed E-state index contributed by atoms with van der Waals surface area (Å²) in [4.78, 5) is 75.2. The molecule has 0 saturated heterocycles. The third-order valence-electron chi connectivity index (χ3n) is 15.9. The number of benzene rings is 2. The van der Waals surface area contributed by atoms with Crippen LogP contribution in [-0.4, -0.2) is 42.1 Å². The first-order valence-electron chi connectivity index (χ1n) is 21.3. The molecular weight excluding hydrogens is 725 g/mol. The number of hydrogen-bond donors (Lipinski definition) is 0. The molecule has 10 atom stereocenters. The second kappa shape index (κ2) is 14.7. The van der Waals surface area contributed by atoms with Crippen LogP contribution < -0.4 is 0 Å². The van der Waals surface area contributed by atoms with Crippen molar-refractivity contribution in [3.05, 3.63) is 69.8 Å². The smallest absolute Gasteiger partial charge is 0.346 e. The molecule has 57 heavy (non-hydrogen) atoms. The number of esters is 5. The van der Waals surface area contributed by atoms with Crippen molar-refractivity contribution in [2.45, 2.75) is 131 Å². The molecule has 8 rings (SSSR count). The maximum Gasteiger partial charge on any atom is 0.346 e. The minimum atomic E-state index is -0.763. The molecular formula is C47H58O10. The second-order valence-electron chi connectivity index (χ2n) is 19.8. The molecule has 0 N–H and O–H groups in total. The molecule has 0 radical (unpaired) electrons. The minimum absolute atomic E-state index is 0.0189. The highest BCUT2D eigenvalue weighted by atomic mass is 17.2. The highest BCUT2D eigenvalue weighted by Crippen LogP contribution is 2.71. The lowest BCUT2D eigenvalue weighted by Gasteiger charge is -2.66. The third kappa shape index (κ3) is 6.76. The fourth-order valence-corrected chi connectivity index (χ4v) is 13.3. The standard InChI is InChI=1S/C47H58O10/c1-25(2)9-8-10-26(3)34-15-16-35-33-23-37(57-53-24-27-11-13-29-31(21-27)43(51)55-41(29)49)39-45(4,5)38(18-20-47(39,7)36(33)17-19-46(34,35)6)54-40(48)28-12-14-30-32(22-28)44(52)56-42(30)50/h11-14,21-22,25-26,33-39H,8-10,15-20,23-24H2,1-7H3. The van der Waals surface area contributed by atoms with Crippen LogP contribution in [0, 0.1) is 57.7 Å². The van der Waals surface area contributed by atoms with Gasteiger partial charge >= 0.3 is 29.8 Å². The van der Waals surface area contributed by atoms with Crippen molar-refractivity contribution in [1.29, 1.82) is 0 Å². The van der Waals surface area contributed by atoms with Gasteiger partial charge < -0.3 is 14.2 Å². The van der Waals surface area contributed by atoms with Crippen molar-refractivity contribution in [3.63, 3.8) is 0 Å². The SMILES string of the molecule is CC(C)CCCC(C)C1CCC2C3CC(OOCc4ccc5c(c4)C(=O)OC5=O)C4C(C)(C)C(OC(=O)c5ccc6c(c5)C(=O)OC6=O)CCC4(C)C3CCC12C. The van der Waals surface area contributed by atoms with E-state index >= 15 is 0 Å². The summed E-state index contributed by atoms with van der Waals surface area (Å²) in [6, 6.07) is 9.34. The van der Waals surface area contributed by atoms with Gasteiger partial charge in [-0.1, -0.05) is 73.8 Å². The number of rotatable bonds is 11. The van der Waals surface area contributed by atoms with E-state index in [1.165, 1.54) is 63.1 Å². The first-order valence-corrected chi connectivity index (χ1v) is 21.3. The first kappa shape index (κ1) is 39.9. The van der Waals surface area contributed by atoms with E-state index < -0.39 is 41.4 Å². The summed E-state index contributed by atoms with van der Waals surface area (Å²) in [5.74, 6) is 0.342. The predicted molar refractivity (Wildman–Crippen MR) is 209 cm³/mol. The van der Waals surface area contributed by atoms with E-state index in [2.05, 4.69) is 48.5 Å². The lowest BCUT2D eigenvalue weighted by atomic mass is 9.40. The molecule has 2 aliphatic heterocycles. The summed E-state index contributed by atoms with van der Waals surface area (Å²) < 4.78 is 15.9. The van der Waals surface area contributed by atoms with Gasteiger partial charge in [0.1, 0.15) is 12.7 Å². The van der Waals surface area contributed by atoms with Gasteiger partial charge in [0.25, 0.3) is 0 Å². The van der Waals surface area contributed by atoms with E-state index in [0.717, 1.165) is 18.8 Å². The molecule has 306 valence electrons. The van der Waals surface area contributed by atoms with Gasteiger partial charge in [-0.3, -0.25) is 0 Å². The van der Waals surface area contributed by atoms with E-state index in [1.807, 2.05) is 0 Å². The molecule has 10 heteroatoms. The van der Waals surface area contributed by atoms with Crippen LogP contribution in [0.4, 0.5) is 0 Å². The van der Waals surface area contributed by atoms with Crippen LogP contribution in [0.1, 0.15) is 170 Å². The molecule has 0 amide bonds. The normalized spacial score (nSPS) is 34.1. The predicted octanol–water partition coefficient (Wildman–Crippen LogP) is 9.72. The van der Waals surface area contributed by atoms with Crippen molar-refractivity contribution >= 4 is 29.8 Å². The van der Waals surface area contributed by atoms with Crippen molar-refractivity contribution in [3.8, 4) is 0 Å². The summed E-state index contributed by atoms with van der Waals surface area (Å²) in [6.45, 7) is 16.6. The Bertz CT molecular complexity index is 1980. The van der Waals surface area contributed by atoms with E-state index in [1.54, 1.807) is 18.2 Å². The molecule has 6 aliphatic rings. The summed E-state index contributed by atoms with van der Waals surface area (Å²) in [7, 11) is 0. The van der Waals surface area contributed by atoms with E-state index in [0.29, 0.717) is 41.6 Å². The first-order chi connectivity index (χ1) is 27.0. The zero-order valence-corrected chi connectivity index (χ0v) is 34.5. The fraction of sp³-hybridized carbons (Fsp3) is 0.638. The molecule has 4 fully saturated rings. The van der Waals surface area contributed by atoms with E-state index in [4.69, 9.17) is 24.0 Å². The maximum atomic E-state index is 13.8. The van der Waals surface area contributed by atoms with Gasteiger partial charge in [-0.15, -0.1) is 0 Å². The van der Waals surface area contributed by atoms with Crippen LogP contribution in [0.15, 0.2) is 36.4 Å². The van der Waals surface area contributed by atoms with Crippen LogP contribution >= 0.6 is 0 Å². The Morgan fingerprint density at radius 1 is 0.754 bits per heavy atom. The van der Waals surface area contributed by atoms with Crippen LogP contribution in [0.2, 0.25) is 0 Å².